The average Bonchev–Trinajstić information content (AvgIpc) is 2.82. The first-order valence-corrected chi connectivity index (χ1v) is 16.4. The van der Waals surface area contributed by atoms with Crippen LogP contribution in [-0.2, 0) is 9.59 Å². The zero-order valence-electron chi connectivity index (χ0n) is 24.3. The first kappa shape index (κ1) is 35.2. The summed E-state index contributed by atoms with van der Waals surface area (Å²) in [6.07, 6.45) is 26.1. The summed E-state index contributed by atoms with van der Waals surface area (Å²) in [7, 11) is 3.74. The van der Waals surface area contributed by atoms with Crippen LogP contribution in [0.5, 0.6) is 0 Å². The van der Waals surface area contributed by atoms with Gasteiger partial charge >= 0.3 is 0 Å². The molecule has 0 heterocycles. The van der Waals surface area contributed by atoms with Crippen LogP contribution in [0.25, 0.3) is 0 Å². The number of amides is 1. The van der Waals surface area contributed by atoms with Crippen molar-refractivity contribution in [1.82, 2.24) is 5.32 Å². The van der Waals surface area contributed by atoms with Gasteiger partial charge in [0, 0.05) is 19.4 Å². The van der Waals surface area contributed by atoms with Gasteiger partial charge in [-0.25, -0.2) is 0 Å². The molecular weight excluding hydrogens is 468 g/mol. The highest BCUT2D eigenvalue weighted by atomic mass is 32.2. The molecule has 36 heavy (non-hydrogen) atoms. The van der Waals surface area contributed by atoms with Crippen molar-refractivity contribution < 1.29 is 19.2 Å². The third kappa shape index (κ3) is 27.8. The SMILES string of the molecule is CCCCCCCCCCCCCCCCCCSCCCCC(=O)NCCC[N+](C)(C)CC(=O)[O-]. The molecule has 0 saturated heterocycles. The molecular formula is C30H60N2O3S. The number of thioether (sulfide) groups is 1. The number of rotatable bonds is 28. The van der Waals surface area contributed by atoms with Crippen LogP contribution in [0.1, 0.15) is 135 Å². The lowest BCUT2D eigenvalue weighted by atomic mass is 10.0. The van der Waals surface area contributed by atoms with Gasteiger partial charge in [-0.2, -0.15) is 11.8 Å². The number of hydrogen-bond donors (Lipinski definition) is 1. The quantitative estimate of drug-likeness (QED) is 0.0931. The van der Waals surface area contributed by atoms with Gasteiger partial charge in [-0.1, -0.05) is 103 Å². The maximum absolute atomic E-state index is 11.9. The van der Waals surface area contributed by atoms with Crippen LogP contribution in [0.2, 0.25) is 0 Å². The van der Waals surface area contributed by atoms with Gasteiger partial charge in [0.05, 0.1) is 26.6 Å². The van der Waals surface area contributed by atoms with E-state index in [1.165, 1.54) is 108 Å². The normalized spacial score (nSPS) is 11.6. The van der Waals surface area contributed by atoms with Crippen molar-refractivity contribution in [1.29, 1.82) is 0 Å². The molecule has 0 aromatic heterocycles. The van der Waals surface area contributed by atoms with E-state index >= 15 is 0 Å². The molecule has 0 spiro atoms. The molecule has 214 valence electrons. The molecule has 0 fully saturated rings. The van der Waals surface area contributed by atoms with Crippen molar-refractivity contribution in [2.75, 3.05) is 45.2 Å². The van der Waals surface area contributed by atoms with Gasteiger partial charge in [-0.05, 0) is 30.8 Å². The lowest BCUT2D eigenvalue weighted by molar-refractivity contribution is -0.884. The van der Waals surface area contributed by atoms with E-state index in [0.29, 0.717) is 24.0 Å². The standard InChI is InChI=1S/C30H60N2O3S/c1-4-5-6-7-8-9-10-11-12-13-14-15-16-17-18-20-26-36-27-21-19-23-29(33)31-24-22-25-32(2,3)28-30(34)35/h4-28H2,1-3H3,(H-,31,33,34,35). The summed E-state index contributed by atoms with van der Waals surface area (Å²) < 4.78 is 0.384. The zero-order chi connectivity index (χ0) is 26.7. The fourth-order valence-electron chi connectivity index (χ4n) is 4.60. The van der Waals surface area contributed by atoms with E-state index in [9.17, 15) is 14.7 Å². The number of nitrogens with one attached hydrogen (secondary N) is 1. The van der Waals surface area contributed by atoms with Crippen LogP contribution < -0.4 is 10.4 Å². The Morgan fingerprint density at radius 2 is 1.11 bits per heavy atom. The second-order valence-corrected chi connectivity index (χ2v) is 12.5. The molecule has 1 amide bonds. The largest absolute Gasteiger partial charge is 0.544 e. The summed E-state index contributed by atoms with van der Waals surface area (Å²) in [6.45, 7) is 3.62. The smallest absolute Gasteiger partial charge is 0.219 e. The summed E-state index contributed by atoms with van der Waals surface area (Å²) in [5.41, 5.74) is 0. The maximum atomic E-state index is 11.9. The van der Waals surface area contributed by atoms with Crippen LogP contribution in [0, 0.1) is 0 Å². The van der Waals surface area contributed by atoms with Gasteiger partial charge in [-0.15, -0.1) is 0 Å². The number of unbranched alkanes of at least 4 members (excludes halogenated alkanes) is 16. The lowest BCUT2D eigenvalue weighted by Gasteiger charge is -2.30. The van der Waals surface area contributed by atoms with Crippen LogP contribution >= 0.6 is 11.8 Å². The Morgan fingerprint density at radius 1 is 0.667 bits per heavy atom. The average molecular weight is 529 g/mol. The molecule has 0 atom stereocenters. The van der Waals surface area contributed by atoms with Gasteiger partial charge in [0.25, 0.3) is 0 Å². The van der Waals surface area contributed by atoms with Crippen LogP contribution in [0.3, 0.4) is 0 Å². The number of carbonyl (C=O) groups excluding carboxylic acids is 2. The number of likely N-dealkylation sites (N-methyl/N-ethyl adjacent to an activating group) is 1. The number of carbonyl (C=O) groups is 2. The summed E-state index contributed by atoms with van der Waals surface area (Å²) in [5, 5.41) is 13.7. The Labute approximate surface area is 228 Å². The molecule has 0 unspecified atom stereocenters. The Kier molecular flexibility index (Phi) is 25.3. The first-order chi connectivity index (χ1) is 17.4. The number of aliphatic carboxylic acids is 1. The maximum Gasteiger partial charge on any atom is 0.219 e. The third-order valence-corrected chi connectivity index (χ3v) is 8.06. The fraction of sp³-hybridized carbons (Fsp3) is 0.933. The molecule has 0 aliphatic rings. The Hall–Kier alpha value is -0.750. The third-order valence-electron chi connectivity index (χ3n) is 6.90. The Balaban J connectivity index is 3.24. The van der Waals surface area contributed by atoms with E-state index in [-0.39, 0.29) is 12.5 Å². The van der Waals surface area contributed by atoms with E-state index in [1.807, 2.05) is 25.9 Å². The molecule has 0 rings (SSSR count). The topological polar surface area (TPSA) is 69.2 Å². The monoisotopic (exact) mass is 528 g/mol. The fourth-order valence-corrected chi connectivity index (χ4v) is 5.62. The molecule has 5 nitrogen and oxygen atoms in total. The molecule has 0 aliphatic heterocycles. The van der Waals surface area contributed by atoms with E-state index in [4.69, 9.17) is 0 Å². The summed E-state index contributed by atoms with van der Waals surface area (Å²) in [6, 6.07) is 0. The molecule has 0 radical (unpaired) electrons. The summed E-state index contributed by atoms with van der Waals surface area (Å²) in [5.74, 6) is 1.49. The minimum absolute atomic E-state index is 0.00501. The van der Waals surface area contributed by atoms with Gasteiger partial charge < -0.3 is 19.7 Å². The van der Waals surface area contributed by atoms with Crippen LogP contribution in [-0.4, -0.2) is 61.6 Å². The number of nitrogens with zero attached hydrogens (tertiary/aromatic N) is 1. The number of quaternary nitrogens is 1. The minimum Gasteiger partial charge on any atom is -0.544 e. The highest BCUT2D eigenvalue weighted by molar-refractivity contribution is 7.99. The van der Waals surface area contributed by atoms with E-state index < -0.39 is 5.97 Å². The van der Waals surface area contributed by atoms with Crippen molar-refractivity contribution >= 4 is 23.6 Å². The highest BCUT2D eigenvalue weighted by Crippen LogP contribution is 2.15. The molecule has 0 bridgehead atoms. The number of hydrogen-bond acceptors (Lipinski definition) is 4. The molecule has 0 aliphatic carbocycles. The van der Waals surface area contributed by atoms with Crippen molar-refractivity contribution in [3.8, 4) is 0 Å². The Morgan fingerprint density at radius 3 is 1.58 bits per heavy atom. The predicted molar refractivity (Wildman–Crippen MR) is 155 cm³/mol. The van der Waals surface area contributed by atoms with Gasteiger partial charge in [0.1, 0.15) is 6.54 Å². The molecule has 6 heteroatoms. The molecule has 0 saturated carbocycles. The molecule has 0 aromatic carbocycles. The van der Waals surface area contributed by atoms with Gasteiger partial charge in [0.2, 0.25) is 5.91 Å². The van der Waals surface area contributed by atoms with Crippen molar-refractivity contribution in [3.63, 3.8) is 0 Å². The zero-order valence-corrected chi connectivity index (χ0v) is 25.1. The van der Waals surface area contributed by atoms with Crippen molar-refractivity contribution in [2.45, 2.75) is 135 Å². The summed E-state index contributed by atoms with van der Waals surface area (Å²) >= 11 is 2.03. The Bertz CT molecular complexity index is 514. The van der Waals surface area contributed by atoms with Gasteiger partial charge in [0.15, 0.2) is 0 Å². The van der Waals surface area contributed by atoms with E-state index in [0.717, 1.165) is 25.0 Å². The summed E-state index contributed by atoms with van der Waals surface area (Å²) in [4.78, 5) is 22.6. The predicted octanol–water partition coefficient (Wildman–Crippen LogP) is 6.48. The van der Waals surface area contributed by atoms with Crippen molar-refractivity contribution in [3.05, 3.63) is 0 Å². The minimum atomic E-state index is -1.03. The number of carboxylic acid groups (broad SMARTS) is 1. The second-order valence-electron chi connectivity index (χ2n) is 11.3. The van der Waals surface area contributed by atoms with Crippen LogP contribution in [0.15, 0.2) is 0 Å². The van der Waals surface area contributed by atoms with Crippen LogP contribution in [0.4, 0.5) is 0 Å². The number of carboxylic acids is 1. The van der Waals surface area contributed by atoms with E-state index in [1.54, 1.807) is 0 Å². The lowest BCUT2D eigenvalue weighted by Crippen LogP contribution is -2.49. The highest BCUT2D eigenvalue weighted by Gasteiger charge is 2.14. The first-order valence-electron chi connectivity index (χ1n) is 15.2. The van der Waals surface area contributed by atoms with Crippen molar-refractivity contribution in [2.24, 2.45) is 0 Å². The van der Waals surface area contributed by atoms with Gasteiger partial charge in [-0.3, -0.25) is 4.79 Å². The second kappa shape index (κ2) is 25.9. The molecule has 1 N–H and O–H groups in total. The molecule has 0 aromatic rings. The van der Waals surface area contributed by atoms with E-state index in [2.05, 4.69) is 12.2 Å².